The van der Waals surface area contributed by atoms with Gasteiger partial charge in [-0.1, -0.05) is 18.2 Å². The maximum atomic E-state index is 12.3. The van der Waals surface area contributed by atoms with Crippen LogP contribution in [-0.4, -0.2) is 64.4 Å². The molecule has 3 heterocycles. The number of ether oxygens (including phenoxy) is 2. The Morgan fingerprint density at radius 3 is 2.96 bits per heavy atom. The van der Waals surface area contributed by atoms with Crippen LogP contribution in [0.25, 0.3) is 0 Å². The van der Waals surface area contributed by atoms with Gasteiger partial charge in [0, 0.05) is 18.7 Å². The molecule has 1 unspecified atom stereocenters. The molecule has 2 aliphatic rings. The van der Waals surface area contributed by atoms with E-state index >= 15 is 0 Å². The first-order valence-electron chi connectivity index (χ1n) is 8.49. The molecular formula is C17H19N5O4. The molecule has 1 fully saturated rings. The second kappa shape index (κ2) is 7.12. The summed E-state index contributed by atoms with van der Waals surface area (Å²) in [6, 6.07) is 7.06. The minimum absolute atomic E-state index is 0.0554. The van der Waals surface area contributed by atoms with Crippen LogP contribution in [0, 0.1) is 0 Å². The monoisotopic (exact) mass is 357 g/mol. The van der Waals surface area contributed by atoms with E-state index < -0.39 is 0 Å². The molecule has 4 rings (SSSR count). The fourth-order valence-corrected chi connectivity index (χ4v) is 3.18. The molecule has 2 amide bonds. The second-order valence-electron chi connectivity index (χ2n) is 6.12. The van der Waals surface area contributed by atoms with Crippen molar-refractivity contribution in [2.24, 2.45) is 0 Å². The second-order valence-corrected chi connectivity index (χ2v) is 6.12. The number of anilines is 1. The van der Waals surface area contributed by atoms with Crippen molar-refractivity contribution in [2.75, 3.05) is 38.2 Å². The van der Waals surface area contributed by atoms with Crippen LogP contribution in [-0.2, 0) is 14.3 Å². The summed E-state index contributed by atoms with van der Waals surface area (Å²) in [6.45, 7) is 2.20. The lowest BCUT2D eigenvalue weighted by molar-refractivity contribution is -0.137. The van der Waals surface area contributed by atoms with Crippen molar-refractivity contribution < 1.29 is 19.1 Å². The van der Waals surface area contributed by atoms with Crippen molar-refractivity contribution >= 4 is 17.8 Å². The molecule has 0 radical (unpaired) electrons. The van der Waals surface area contributed by atoms with Crippen LogP contribution in [0.4, 0.5) is 5.95 Å². The van der Waals surface area contributed by atoms with Crippen molar-refractivity contribution in [3.63, 3.8) is 0 Å². The fraction of sp³-hybridized carbons (Fsp3) is 0.412. The van der Waals surface area contributed by atoms with E-state index in [1.807, 2.05) is 18.2 Å². The molecule has 1 aromatic heterocycles. The number of carbonyl (C=O) groups is 2. The number of fused-ring (bicyclic) bond motifs is 1. The molecule has 1 N–H and O–H groups in total. The van der Waals surface area contributed by atoms with Gasteiger partial charge < -0.3 is 14.4 Å². The standard InChI is InChI=1S/C17H19N5O4/c23-15-9-13(22-17(20-15)18-11-19-22)12-3-1-2-4-14(12)26-10-16(24)21-5-7-25-8-6-21/h1-4,11,13H,5-10H2,(H,18,19,20,23). The Labute approximate surface area is 149 Å². The van der Waals surface area contributed by atoms with Gasteiger partial charge in [-0.25, -0.2) is 4.68 Å². The van der Waals surface area contributed by atoms with Crippen molar-refractivity contribution in [3.05, 3.63) is 36.2 Å². The number of amides is 2. The van der Waals surface area contributed by atoms with Crippen molar-refractivity contribution in [1.82, 2.24) is 19.7 Å². The van der Waals surface area contributed by atoms with E-state index in [0.717, 1.165) is 5.56 Å². The van der Waals surface area contributed by atoms with Gasteiger partial charge in [0.05, 0.1) is 25.7 Å². The van der Waals surface area contributed by atoms with Crippen molar-refractivity contribution in [2.45, 2.75) is 12.5 Å². The van der Waals surface area contributed by atoms with Crippen molar-refractivity contribution in [3.8, 4) is 5.75 Å². The number of carbonyl (C=O) groups excluding carboxylic acids is 2. The first-order chi connectivity index (χ1) is 12.7. The maximum Gasteiger partial charge on any atom is 0.260 e. The minimum atomic E-state index is -0.323. The predicted octanol–water partition coefficient (Wildman–Crippen LogP) is 0.447. The van der Waals surface area contributed by atoms with Gasteiger partial charge in [0.1, 0.15) is 12.1 Å². The normalized spacial score (nSPS) is 19.6. The number of aromatic nitrogens is 3. The van der Waals surface area contributed by atoms with E-state index in [4.69, 9.17) is 9.47 Å². The SMILES string of the molecule is O=C1CC(c2ccccc2OCC(=O)N2CCOCC2)n2ncnc2N1. The average Bonchev–Trinajstić information content (AvgIpc) is 3.14. The molecule has 2 aromatic rings. The molecule has 1 saturated heterocycles. The number of nitrogens with one attached hydrogen (secondary N) is 1. The van der Waals surface area contributed by atoms with Gasteiger partial charge in [0.2, 0.25) is 11.9 Å². The smallest absolute Gasteiger partial charge is 0.260 e. The van der Waals surface area contributed by atoms with E-state index in [-0.39, 0.29) is 30.9 Å². The summed E-state index contributed by atoms with van der Waals surface area (Å²) in [5, 5.41) is 6.89. The molecule has 9 nitrogen and oxygen atoms in total. The van der Waals surface area contributed by atoms with E-state index in [9.17, 15) is 9.59 Å². The molecule has 0 spiro atoms. The number of hydrogen-bond donors (Lipinski definition) is 1. The summed E-state index contributed by atoms with van der Waals surface area (Å²) in [5.41, 5.74) is 0.795. The van der Waals surface area contributed by atoms with E-state index in [1.54, 1.807) is 15.6 Å². The van der Waals surface area contributed by atoms with Crippen LogP contribution in [0.15, 0.2) is 30.6 Å². The summed E-state index contributed by atoms with van der Waals surface area (Å²) >= 11 is 0. The zero-order chi connectivity index (χ0) is 17.9. The highest BCUT2D eigenvalue weighted by Crippen LogP contribution is 2.34. The summed E-state index contributed by atoms with van der Waals surface area (Å²) in [4.78, 5) is 30.1. The van der Waals surface area contributed by atoms with Gasteiger partial charge in [-0.2, -0.15) is 10.1 Å². The number of nitrogens with zero attached hydrogens (tertiary/aromatic N) is 4. The Hall–Kier alpha value is -2.94. The minimum Gasteiger partial charge on any atom is -0.483 e. The Morgan fingerprint density at radius 1 is 1.31 bits per heavy atom. The van der Waals surface area contributed by atoms with E-state index in [0.29, 0.717) is 38.0 Å². The summed E-state index contributed by atoms with van der Waals surface area (Å²) in [6.07, 6.45) is 1.63. The molecule has 1 aromatic carbocycles. The molecule has 2 aliphatic heterocycles. The number of hydrogen-bond acceptors (Lipinski definition) is 6. The Balaban J connectivity index is 1.52. The third-order valence-electron chi connectivity index (χ3n) is 4.49. The maximum absolute atomic E-state index is 12.3. The number of para-hydroxylation sites is 1. The highest BCUT2D eigenvalue weighted by atomic mass is 16.5. The number of morpholine rings is 1. The Morgan fingerprint density at radius 2 is 2.12 bits per heavy atom. The molecule has 9 heteroatoms. The van der Waals surface area contributed by atoms with Crippen LogP contribution < -0.4 is 10.1 Å². The van der Waals surface area contributed by atoms with Gasteiger partial charge in [-0.3, -0.25) is 14.9 Å². The van der Waals surface area contributed by atoms with E-state index in [1.165, 1.54) is 6.33 Å². The largest absolute Gasteiger partial charge is 0.483 e. The van der Waals surface area contributed by atoms with Gasteiger partial charge in [-0.15, -0.1) is 0 Å². The van der Waals surface area contributed by atoms with Crippen LogP contribution in [0.2, 0.25) is 0 Å². The number of benzene rings is 1. The third kappa shape index (κ3) is 3.25. The summed E-state index contributed by atoms with van der Waals surface area (Å²) < 4.78 is 12.7. The van der Waals surface area contributed by atoms with Gasteiger partial charge in [0.25, 0.3) is 5.91 Å². The molecule has 1 atom stereocenters. The third-order valence-corrected chi connectivity index (χ3v) is 4.49. The lowest BCUT2D eigenvalue weighted by atomic mass is 10.0. The first kappa shape index (κ1) is 16.5. The molecular weight excluding hydrogens is 338 g/mol. The molecule has 0 aliphatic carbocycles. The Kier molecular flexibility index (Phi) is 4.53. The lowest BCUT2D eigenvalue weighted by Gasteiger charge is -2.28. The van der Waals surface area contributed by atoms with Crippen LogP contribution in [0.1, 0.15) is 18.0 Å². The zero-order valence-electron chi connectivity index (χ0n) is 14.1. The van der Waals surface area contributed by atoms with Crippen molar-refractivity contribution in [1.29, 1.82) is 0 Å². The molecule has 0 bridgehead atoms. The predicted molar refractivity (Wildman–Crippen MR) is 90.7 cm³/mol. The highest BCUT2D eigenvalue weighted by Gasteiger charge is 2.30. The summed E-state index contributed by atoms with van der Waals surface area (Å²) in [5.74, 6) is 0.765. The molecule has 0 saturated carbocycles. The fourth-order valence-electron chi connectivity index (χ4n) is 3.18. The lowest BCUT2D eigenvalue weighted by Crippen LogP contribution is -2.43. The highest BCUT2D eigenvalue weighted by molar-refractivity contribution is 5.91. The van der Waals surface area contributed by atoms with E-state index in [2.05, 4.69) is 15.4 Å². The van der Waals surface area contributed by atoms with Crippen LogP contribution in [0.3, 0.4) is 0 Å². The van der Waals surface area contributed by atoms with Gasteiger partial charge in [-0.05, 0) is 6.07 Å². The topological polar surface area (TPSA) is 98.6 Å². The quantitative estimate of drug-likeness (QED) is 0.853. The molecule has 26 heavy (non-hydrogen) atoms. The first-order valence-corrected chi connectivity index (χ1v) is 8.49. The van der Waals surface area contributed by atoms with Crippen LogP contribution in [0.5, 0.6) is 5.75 Å². The molecule has 136 valence electrons. The van der Waals surface area contributed by atoms with Gasteiger partial charge >= 0.3 is 0 Å². The van der Waals surface area contributed by atoms with Gasteiger partial charge in [0.15, 0.2) is 6.61 Å². The average molecular weight is 357 g/mol. The number of rotatable bonds is 4. The van der Waals surface area contributed by atoms with Crippen LogP contribution >= 0.6 is 0 Å². The zero-order valence-corrected chi connectivity index (χ0v) is 14.1. The summed E-state index contributed by atoms with van der Waals surface area (Å²) in [7, 11) is 0. The Bertz CT molecular complexity index is 815.